The molecule has 15 heavy (non-hydrogen) atoms. The predicted octanol–water partition coefficient (Wildman–Crippen LogP) is 1.50. The molecule has 0 atom stereocenters. The molecule has 1 N–H and O–H groups in total. The van der Waals surface area contributed by atoms with Crippen LogP contribution >= 0.6 is 0 Å². The van der Waals surface area contributed by atoms with Gasteiger partial charge in [0.25, 0.3) is 0 Å². The van der Waals surface area contributed by atoms with Crippen LogP contribution in [0.2, 0.25) is 0 Å². The lowest BCUT2D eigenvalue weighted by molar-refractivity contribution is -0.162. The fraction of sp³-hybridized carbons (Fsp3) is 0.636. The van der Waals surface area contributed by atoms with Gasteiger partial charge in [0.05, 0.1) is 19.8 Å². The van der Waals surface area contributed by atoms with Crippen molar-refractivity contribution >= 4 is 0 Å². The van der Waals surface area contributed by atoms with Crippen molar-refractivity contribution in [2.75, 3.05) is 19.8 Å². The third-order valence-corrected chi connectivity index (χ3v) is 2.65. The van der Waals surface area contributed by atoms with Crippen molar-refractivity contribution in [2.45, 2.75) is 25.0 Å². The van der Waals surface area contributed by atoms with E-state index in [1.165, 1.54) is 0 Å². The van der Waals surface area contributed by atoms with Gasteiger partial charge in [0.2, 0.25) is 0 Å². The monoisotopic (exact) mass is 211 g/mol. The molecular formula is C11H17NO3. The molecule has 0 unspecified atom stereocenters. The smallest absolute Gasteiger partial charge is 0.172 e. The zero-order valence-corrected chi connectivity index (χ0v) is 8.83. The molecule has 1 saturated heterocycles. The lowest BCUT2D eigenvalue weighted by Gasteiger charge is -2.30. The standard InChI is InChI=1S/C11H17NO3/c1-2-7-15-12-10-3-5-11(6-4-10)13-8-9-14-11/h2-3,12H,1,4-9H2. The Morgan fingerprint density at radius 2 is 2.33 bits per heavy atom. The van der Waals surface area contributed by atoms with Crippen molar-refractivity contribution < 1.29 is 14.3 Å². The van der Waals surface area contributed by atoms with Crippen LogP contribution < -0.4 is 5.48 Å². The highest BCUT2D eigenvalue weighted by Gasteiger charge is 2.37. The number of rotatable bonds is 4. The van der Waals surface area contributed by atoms with Gasteiger partial charge in [-0.05, 0) is 6.42 Å². The first-order valence-corrected chi connectivity index (χ1v) is 5.30. The molecule has 1 spiro atoms. The molecular weight excluding hydrogens is 194 g/mol. The summed E-state index contributed by atoms with van der Waals surface area (Å²) in [5.74, 6) is -0.344. The van der Waals surface area contributed by atoms with Crippen molar-refractivity contribution in [1.82, 2.24) is 5.48 Å². The Bertz CT molecular complexity index is 257. The van der Waals surface area contributed by atoms with Crippen LogP contribution in [0.5, 0.6) is 0 Å². The molecule has 84 valence electrons. The first kappa shape index (κ1) is 10.7. The molecule has 4 nitrogen and oxygen atoms in total. The quantitative estimate of drug-likeness (QED) is 0.434. The van der Waals surface area contributed by atoms with Crippen LogP contribution in [-0.4, -0.2) is 25.6 Å². The van der Waals surface area contributed by atoms with Gasteiger partial charge < -0.3 is 9.47 Å². The van der Waals surface area contributed by atoms with E-state index in [1.807, 2.05) is 0 Å². The summed E-state index contributed by atoms with van der Waals surface area (Å²) in [4.78, 5) is 5.16. The number of hydrogen-bond acceptors (Lipinski definition) is 4. The first-order valence-electron chi connectivity index (χ1n) is 5.30. The molecule has 1 fully saturated rings. The highest BCUT2D eigenvalue weighted by molar-refractivity contribution is 5.06. The van der Waals surface area contributed by atoms with E-state index >= 15 is 0 Å². The minimum absolute atomic E-state index is 0.344. The van der Waals surface area contributed by atoms with Gasteiger partial charge in [0.1, 0.15) is 0 Å². The first-order chi connectivity index (χ1) is 7.35. The summed E-state index contributed by atoms with van der Waals surface area (Å²) in [5, 5.41) is 0. The van der Waals surface area contributed by atoms with Crippen molar-refractivity contribution in [3.8, 4) is 0 Å². The Balaban J connectivity index is 1.80. The van der Waals surface area contributed by atoms with Gasteiger partial charge in [-0.1, -0.05) is 12.2 Å². The molecule has 1 heterocycles. The summed E-state index contributed by atoms with van der Waals surface area (Å²) < 4.78 is 11.2. The van der Waals surface area contributed by atoms with Crippen LogP contribution in [0.1, 0.15) is 19.3 Å². The second-order valence-electron chi connectivity index (χ2n) is 3.74. The van der Waals surface area contributed by atoms with E-state index in [0.717, 1.165) is 25.0 Å². The van der Waals surface area contributed by atoms with E-state index in [-0.39, 0.29) is 5.79 Å². The van der Waals surface area contributed by atoms with Crippen LogP contribution in [0.4, 0.5) is 0 Å². The van der Waals surface area contributed by atoms with E-state index in [2.05, 4.69) is 18.1 Å². The maximum absolute atomic E-state index is 5.60. The lowest BCUT2D eigenvalue weighted by Crippen LogP contribution is -2.33. The lowest BCUT2D eigenvalue weighted by atomic mass is 9.98. The minimum atomic E-state index is -0.344. The van der Waals surface area contributed by atoms with Crippen molar-refractivity contribution in [3.63, 3.8) is 0 Å². The number of ether oxygens (including phenoxy) is 2. The van der Waals surface area contributed by atoms with Gasteiger partial charge in [-0.15, -0.1) is 6.58 Å². The topological polar surface area (TPSA) is 39.7 Å². The van der Waals surface area contributed by atoms with Crippen molar-refractivity contribution in [2.24, 2.45) is 0 Å². The van der Waals surface area contributed by atoms with E-state index in [4.69, 9.17) is 14.3 Å². The minimum Gasteiger partial charge on any atom is -0.347 e. The van der Waals surface area contributed by atoms with Crippen molar-refractivity contribution in [3.05, 3.63) is 24.4 Å². The van der Waals surface area contributed by atoms with Crippen molar-refractivity contribution in [1.29, 1.82) is 0 Å². The second-order valence-corrected chi connectivity index (χ2v) is 3.74. The Labute approximate surface area is 89.8 Å². The van der Waals surface area contributed by atoms with E-state index in [0.29, 0.717) is 19.8 Å². The molecule has 0 aromatic heterocycles. The molecule has 0 aromatic carbocycles. The third-order valence-electron chi connectivity index (χ3n) is 2.65. The predicted molar refractivity (Wildman–Crippen MR) is 55.9 cm³/mol. The van der Waals surface area contributed by atoms with E-state index in [9.17, 15) is 0 Å². The SMILES string of the molecule is C=CCONC1=CCC2(CC1)OCCO2. The average molecular weight is 211 g/mol. The van der Waals surface area contributed by atoms with Crippen LogP contribution in [0.15, 0.2) is 24.4 Å². The Hall–Kier alpha value is -0.840. The summed E-state index contributed by atoms with van der Waals surface area (Å²) >= 11 is 0. The molecule has 2 aliphatic rings. The fourth-order valence-corrected chi connectivity index (χ4v) is 1.85. The summed E-state index contributed by atoms with van der Waals surface area (Å²) in [5.41, 5.74) is 4.01. The summed E-state index contributed by atoms with van der Waals surface area (Å²) in [7, 11) is 0. The Kier molecular flexibility index (Phi) is 3.41. The Morgan fingerprint density at radius 1 is 1.53 bits per heavy atom. The molecule has 0 aromatic rings. The van der Waals surface area contributed by atoms with Crippen LogP contribution in [0, 0.1) is 0 Å². The van der Waals surface area contributed by atoms with Crippen LogP contribution in [0.25, 0.3) is 0 Å². The van der Waals surface area contributed by atoms with Gasteiger partial charge in [-0.3, -0.25) is 10.3 Å². The molecule has 1 aliphatic heterocycles. The fourth-order valence-electron chi connectivity index (χ4n) is 1.85. The van der Waals surface area contributed by atoms with Gasteiger partial charge >= 0.3 is 0 Å². The summed E-state index contributed by atoms with van der Waals surface area (Å²) in [6.07, 6.45) is 6.38. The van der Waals surface area contributed by atoms with Crippen LogP contribution in [-0.2, 0) is 14.3 Å². The zero-order valence-electron chi connectivity index (χ0n) is 8.83. The van der Waals surface area contributed by atoms with Gasteiger partial charge in [-0.25, -0.2) is 0 Å². The third kappa shape index (κ3) is 2.59. The number of hydroxylamine groups is 1. The molecule has 0 bridgehead atoms. The molecule has 2 rings (SSSR count). The molecule has 0 saturated carbocycles. The number of allylic oxidation sites excluding steroid dienone is 1. The highest BCUT2D eigenvalue weighted by Crippen LogP contribution is 2.34. The van der Waals surface area contributed by atoms with Gasteiger partial charge in [0.15, 0.2) is 5.79 Å². The molecule has 0 radical (unpaired) electrons. The molecule has 4 heteroatoms. The highest BCUT2D eigenvalue weighted by atomic mass is 16.7. The maximum Gasteiger partial charge on any atom is 0.172 e. The normalized spacial score (nSPS) is 23.9. The van der Waals surface area contributed by atoms with E-state index in [1.54, 1.807) is 6.08 Å². The zero-order chi connectivity index (χ0) is 10.6. The number of nitrogens with one attached hydrogen (secondary N) is 1. The largest absolute Gasteiger partial charge is 0.347 e. The second kappa shape index (κ2) is 4.79. The number of hydrogen-bond donors (Lipinski definition) is 1. The molecule has 0 amide bonds. The van der Waals surface area contributed by atoms with Gasteiger partial charge in [-0.2, -0.15) is 0 Å². The summed E-state index contributed by atoms with van der Waals surface area (Å²) in [6.45, 7) is 5.51. The molecule has 1 aliphatic carbocycles. The maximum atomic E-state index is 5.60. The average Bonchev–Trinajstić information content (AvgIpc) is 2.71. The van der Waals surface area contributed by atoms with Crippen LogP contribution in [0.3, 0.4) is 0 Å². The van der Waals surface area contributed by atoms with Gasteiger partial charge in [0, 0.05) is 18.5 Å². The Morgan fingerprint density at radius 3 is 2.93 bits per heavy atom. The summed E-state index contributed by atoms with van der Waals surface area (Å²) in [6, 6.07) is 0. The van der Waals surface area contributed by atoms with E-state index < -0.39 is 0 Å².